The molecule has 90 valence electrons. The van der Waals surface area contributed by atoms with Gasteiger partial charge in [0, 0.05) is 13.7 Å². The van der Waals surface area contributed by atoms with Crippen molar-refractivity contribution in [2.45, 2.75) is 19.3 Å². The quantitative estimate of drug-likeness (QED) is 0.528. The summed E-state index contributed by atoms with van der Waals surface area (Å²) in [5.74, 6) is 0. The minimum atomic E-state index is 0.794. The molecule has 3 heteroatoms. The summed E-state index contributed by atoms with van der Waals surface area (Å²) in [6, 6.07) is 2.20. The molecule has 0 spiro atoms. The Morgan fingerprint density at radius 3 is 2.94 bits per heavy atom. The Balaban J connectivity index is 1.89. The molecule has 16 heavy (non-hydrogen) atoms. The molecule has 1 rings (SSSR count). The molecule has 0 aliphatic rings. The highest BCUT2D eigenvalue weighted by Crippen LogP contribution is 2.08. The van der Waals surface area contributed by atoms with Gasteiger partial charge in [-0.2, -0.15) is 11.3 Å². The minimum Gasteiger partial charge on any atom is -0.383 e. The lowest BCUT2D eigenvalue weighted by molar-refractivity contribution is 0.199. The van der Waals surface area contributed by atoms with Crippen molar-refractivity contribution < 1.29 is 4.74 Å². The predicted octanol–water partition coefficient (Wildman–Crippen LogP) is 2.86. The van der Waals surface area contributed by atoms with E-state index in [4.69, 9.17) is 4.74 Å². The number of nitrogens with one attached hydrogen (secondary N) is 1. The molecule has 2 nitrogen and oxygen atoms in total. The van der Waals surface area contributed by atoms with E-state index in [-0.39, 0.29) is 0 Å². The molecule has 0 radical (unpaired) electrons. The van der Waals surface area contributed by atoms with Crippen LogP contribution in [0.4, 0.5) is 0 Å². The van der Waals surface area contributed by atoms with Crippen LogP contribution in [0.5, 0.6) is 0 Å². The molecule has 0 aromatic carbocycles. The summed E-state index contributed by atoms with van der Waals surface area (Å²) < 4.78 is 4.95. The third-order valence-electron chi connectivity index (χ3n) is 2.32. The van der Waals surface area contributed by atoms with Gasteiger partial charge >= 0.3 is 0 Å². The van der Waals surface area contributed by atoms with Crippen LogP contribution in [0.2, 0.25) is 0 Å². The van der Waals surface area contributed by atoms with Crippen molar-refractivity contribution in [3.05, 3.63) is 34.5 Å². The van der Waals surface area contributed by atoms with Gasteiger partial charge in [0.05, 0.1) is 6.61 Å². The second kappa shape index (κ2) is 9.58. The van der Waals surface area contributed by atoms with Gasteiger partial charge in [-0.1, -0.05) is 12.2 Å². The number of ether oxygens (including phenoxy) is 1. The minimum absolute atomic E-state index is 0.794. The average Bonchev–Trinajstić information content (AvgIpc) is 2.80. The second-order valence-corrected chi connectivity index (χ2v) is 4.45. The molecule has 0 bridgehead atoms. The van der Waals surface area contributed by atoms with Crippen molar-refractivity contribution in [3.8, 4) is 0 Å². The van der Waals surface area contributed by atoms with Crippen molar-refractivity contribution in [1.29, 1.82) is 0 Å². The van der Waals surface area contributed by atoms with Gasteiger partial charge in [0.15, 0.2) is 0 Å². The van der Waals surface area contributed by atoms with Gasteiger partial charge in [-0.25, -0.2) is 0 Å². The van der Waals surface area contributed by atoms with Crippen molar-refractivity contribution in [2.75, 3.05) is 26.8 Å². The lowest BCUT2D eigenvalue weighted by atomic mass is 10.2. The van der Waals surface area contributed by atoms with E-state index in [1.165, 1.54) is 5.56 Å². The van der Waals surface area contributed by atoms with Crippen LogP contribution in [0, 0.1) is 0 Å². The normalized spacial score (nSPS) is 11.3. The first-order valence-corrected chi connectivity index (χ1v) is 6.73. The van der Waals surface area contributed by atoms with Crippen molar-refractivity contribution in [2.24, 2.45) is 0 Å². The van der Waals surface area contributed by atoms with Gasteiger partial charge < -0.3 is 10.1 Å². The van der Waals surface area contributed by atoms with Gasteiger partial charge in [-0.05, 0) is 48.2 Å². The summed E-state index contributed by atoms with van der Waals surface area (Å²) in [5, 5.41) is 7.68. The van der Waals surface area contributed by atoms with Crippen LogP contribution in [0.3, 0.4) is 0 Å². The Kier molecular flexibility index (Phi) is 8.04. The summed E-state index contributed by atoms with van der Waals surface area (Å²) >= 11 is 1.77. The van der Waals surface area contributed by atoms with Gasteiger partial charge in [-0.15, -0.1) is 0 Å². The first-order valence-electron chi connectivity index (χ1n) is 5.79. The van der Waals surface area contributed by atoms with Crippen LogP contribution in [0.25, 0.3) is 0 Å². The first-order chi connectivity index (χ1) is 7.93. The zero-order valence-corrected chi connectivity index (χ0v) is 10.8. The fourth-order valence-corrected chi connectivity index (χ4v) is 2.11. The molecule has 0 amide bonds. The van der Waals surface area contributed by atoms with Crippen LogP contribution in [-0.2, 0) is 11.2 Å². The number of hydrogen-bond donors (Lipinski definition) is 1. The SMILES string of the molecule is COCCNCCC=CCCc1ccsc1. The summed E-state index contributed by atoms with van der Waals surface area (Å²) in [4.78, 5) is 0. The third-order valence-corrected chi connectivity index (χ3v) is 3.05. The summed E-state index contributed by atoms with van der Waals surface area (Å²) in [6.45, 7) is 2.78. The van der Waals surface area contributed by atoms with Crippen LogP contribution in [0.1, 0.15) is 18.4 Å². The highest BCUT2D eigenvalue weighted by Gasteiger charge is 1.89. The third kappa shape index (κ3) is 6.77. The number of methoxy groups -OCH3 is 1. The number of thiophene rings is 1. The second-order valence-electron chi connectivity index (χ2n) is 3.67. The van der Waals surface area contributed by atoms with Crippen molar-refractivity contribution in [3.63, 3.8) is 0 Å². The van der Waals surface area contributed by atoms with Gasteiger partial charge in [-0.3, -0.25) is 0 Å². The lowest BCUT2D eigenvalue weighted by Crippen LogP contribution is -2.19. The highest BCUT2D eigenvalue weighted by atomic mass is 32.1. The maximum absolute atomic E-state index is 4.95. The molecule has 1 aromatic heterocycles. The molecule has 0 aliphatic heterocycles. The molecule has 0 atom stereocenters. The highest BCUT2D eigenvalue weighted by molar-refractivity contribution is 7.07. The summed E-state index contributed by atoms with van der Waals surface area (Å²) in [6.07, 6.45) is 7.95. The van der Waals surface area contributed by atoms with E-state index in [9.17, 15) is 0 Å². The Morgan fingerprint density at radius 1 is 1.31 bits per heavy atom. The number of hydrogen-bond acceptors (Lipinski definition) is 3. The van der Waals surface area contributed by atoms with Crippen LogP contribution >= 0.6 is 11.3 Å². The molecule has 0 saturated carbocycles. The molecule has 0 fully saturated rings. The smallest absolute Gasteiger partial charge is 0.0587 e. The lowest BCUT2D eigenvalue weighted by Gasteiger charge is -2.00. The molecule has 1 aromatic rings. The largest absolute Gasteiger partial charge is 0.383 e. The van der Waals surface area contributed by atoms with Crippen LogP contribution in [-0.4, -0.2) is 26.8 Å². The molecule has 1 N–H and O–H groups in total. The first kappa shape index (κ1) is 13.4. The Morgan fingerprint density at radius 2 is 2.19 bits per heavy atom. The van der Waals surface area contributed by atoms with E-state index in [0.29, 0.717) is 0 Å². The fraction of sp³-hybridized carbons (Fsp3) is 0.538. The molecular formula is C13H21NOS. The van der Waals surface area contributed by atoms with E-state index in [2.05, 4.69) is 34.3 Å². The van der Waals surface area contributed by atoms with E-state index >= 15 is 0 Å². The van der Waals surface area contributed by atoms with E-state index in [1.54, 1.807) is 18.4 Å². The van der Waals surface area contributed by atoms with E-state index in [0.717, 1.165) is 39.0 Å². The van der Waals surface area contributed by atoms with Gasteiger partial charge in [0.25, 0.3) is 0 Å². The molecule has 0 aliphatic carbocycles. The predicted molar refractivity (Wildman–Crippen MR) is 71.1 cm³/mol. The van der Waals surface area contributed by atoms with Crippen molar-refractivity contribution >= 4 is 11.3 Å². The van der Waals surface area contributed by atoms with Gasteiger partial charge in [0.1, 0.15) is 0 Å². The van der Waals surface area contributed by atoms with Crippen LogP contribution < -0.4 is 5.32 Å². The van der Waals surface area contributed by atoms with Crippen molar-refractivity contribution in [1.82, 2.24) is 5.32 Å². The topological polar surface area (TPSA) is 21.3 Å². The standard InChI is InChI=1S/C13H21NOS/c1-15-10-9-14-8-5-3-2-4-6-13-7-11-16-12-13/h2-3,7,11-12,14H,4-6,8-10H2,1H3. The Labute approximate surface area is 102 Å². The summed E-state index contributed by atoms with van der Waals surface area (Å²) in [7, 11) is 1.73. The molecule has 0 unspecified atom stereocenters. The number of aryl methyl sites for hydroxylation is 1. The molecular weight excluding hydrogens is 218 g/mol. The van der Waals surface area contributed by atoms with E-state index in [1.807, 2.05) is 0 Å². The number of rotatable bonds is 9. The maximum atomic E-state index is 4.95. The zero-order chi connectivity index (χ0) is 11.5. The Bertz CT molecular complexity index is 269. The fourth-order valence-electron chi connectivity index (χ4n) is 1.41. The Hall–Kier alpha value is -0.640. The zero-order valence-electron chi connectivity index (χ0n) is 9.95. The van der Waals surface area contributed by atoms with E-state index < -0.39 is 0 Å². The molecule has 0 saturated heterocycles. The maximum Gasteiger partial charge on any atom is 0.0587 e. The van der Waals surface area contributed by atoms with Gasteiger partial charge in [0.2, 0.25) is 0 Å². The van der Waals surface area contributed by atoms with Crippen LogP contribution in [0.15, 0.2) is 29.0 Å². The summed E-state index contributed by atoms with van der Waals surface area (Å²) in [5.41, 5.74) is 1.45. The average molecular weight is 239 g/mol. The molecule has 1 heterocycles. The monoisotopic (exact) mass is 239 g/mol. The number of allylic oxidation sites excluding steroid dienone is 1.